The monoisotopic (exact) mass is 338 g/mol. The first-order chi connectivity index (χ1) is 9.21. The zero-order valence-corrected chi connectivity index (χ0v) is 13.0. The van der Waals surface area contributed by atoms with Crippen LogP contribution in [0.1, 0.15) is 26.5 Å². The van der Waals surface area contributed by atoms with E-state index in [9.17, 15) is 10.1 Å². The van der Waals surface area contributed by atoms with Gasteiger partial charge in [0.15, 0.2) is 0 Å². The van der Waals surface area contributed by atoms with Gasteiger partial charge in [0, 0.05) is 9.89 Å². The van der Waals surface area contributed by atoms with Gasteiger partial charge >= 0.3 is 5.69 Å². The van der Waals surface area contributed by atoms with Gasteiger partial charge in [0.2, 0.25) is 5.82 Å². The number of nitrogens with zero attached hydrogens (tertiary/aromatic N) is 3. The number of nitrogen functional groups attached to an aromatic ring is 1. The summed E-state index contributed by atoms with van der Waals surface area (Å²) in [5.74, 6) is 0.0398. The average Bonchev–Trinajstić information content (AvgIpc) is 2.66. The fourth-order valence-corrected chi connectivity index (χ4v) is 2.30. The van der Waals surface area contributed by atoms with Crippen molar-refractivity contribution in [3.8, 4) is 5.69 Å². The Balaban J connectivity index is 2.71. The number of nitrogens with two attached hydrogens (primary N) is 1. The minimum atomic E-state index is -0.475. The summed E-state index contributed by atoms with van der Waals surface area (Å²) < 4.78 is 2.26. The first-order valence-electron chi connectivity index (χ1n) is 6.01. The third kappa shape index (κ3) is 2.53. The summed E-state index contributed by atoms with van der Waals surface area (Å²) in [6.07, 6.45) is 0. The lowest BCUT2D eigenvalue weighted by molar-refractivity contribution is -0.385. The summed E-state index contributed by atoms with van der Waals surface area (Å²) in [4.78, 5) is 10.8. The van der Waals surface area contributed by atoms with Crippen LogP contribution in [0.25, 0.3) is 5.69 Å². The number of halogens is 1. The van der Waals surface area contributed by atoms with Gasteiger partial charge < -0.3 is 5.73 Å². The van der Waals surface area contributed by atoms with Crippen LogP contribution in [0.5, 0.6) is 0 Å². The van der Waals surface area contributed by atoms with E-state index in [1.165, 1.54) is 4.68 Å². The van der Waals surface area contributed by atoms with E-state index in [-0.39, 0.29) is 11.5 Å². The molecule has 106 valence electrons. The molecule has 0 fully saturated rings. The molecule has 20 heavy (non-hydrogen) atoms. The Labute approximate surface area is 124 Å². The quantitative estimate of drug-likeness (QED) is 0.671. The minimum absolute atomic E-state index is 0.0398. The van der Waals surface area contributed by atoms with Crippen LogP contribution in [0.3, 0.4) is 0 Å². The van der Waals surface area contributed by atoms with Gasteiger partial charge in [-0.2, -0.15) is 5.10 Å². The standard InChI is InChI=1S/C13H15BrN4O2/c1-13(2,3)11-10(18(19)20)12(15)17(16-11)9-6-4-5-8(14)7-9/h4-7H,15H2,1-3H3. The topological polar surface area (TPSA) is 87.0 Å². The second-order valence-corrected chi connectivity index (χ2v) is 6.40. The molecule has 0 atom stereocenters. The lowest BCUT2D eigenvalue weighted by atomic mass is 9.91. The maximum absolute atomic E-state index is 11.3. The summed E-state index contributed by atoms with van der Waals surface area (Å²) in [6, 6.07) is 7.29. The van der Waals surface area contributed by atoms with Crippen LogP contribution in [-0.2, 0) is 5.41 Å². The Morgan fingerprint density at radius 3 is 2.50 bits per heavy atom. The number of nitro groups is 1. The molecule has 2 aromatic rings. The maximum atomic E-state index is 11.3. The number of aromatic nitrogens is 2. The molecule has 2 N–H and O–H groups in total. The fourth-order valence-electron chi connectivity index (χ4n) is 1.91. The highest BCUT2D eigenvalue weighted by molar-refractivity contribution is 9.10. The second-order valence-electron chi connectivity index (χ2n) is 5.48. The van der Waals surface area contributed by atoms with E-state index < -0.39 is 10.3 Å². The van der Waals surface area contributed by atoms with Crippen molar-refractivity contribution in [2.75, 3.05) is 5.73 Å². The molecule has 1 aromatic carbocycles. The molecule has 0 saturated carbocycles. The largest absolute Gasteiger partial charge is 0.378 e. The van der Waals surface area contributed by atoms with E-state index in [1.54, 1.807) is 12.1 Å². The first-order valence-corrected chi connectivity index (χ1v) is 6.80. The Bertz CT molecular complexity index is 673. The molecule has 0 spiro atoms. The van der Waals surface area contributed by atoms with Crippen molar-refractivity contribution >= 4 is 27.4 Å². The number of hydrogen-bond acceptors (Lipinski definition) is 4. The molecule has 0 radical (unpaired) electrons. The molecule has 0 aliphatic carbocycles. The number of hydrogen-bond donors (Lipinski definition) is 1. The van der Waals surface area contributed by atoms with Crippen LogP contribution in [-0.4, -0.2) is 14.7 Å². The van der Waals surface area contributed by atoms with E-state index in [4.69, 9.17) is 5.73 Å². The van der Waals surface area contributed by atoms with Gasteiger partial charge in [0.05, 0.1) is 10.6 Å². The number of benzene rings is 1. The van der Waals surface area contributed by atoms with E-state index in [2.05, 4.69) is 21.0 Å². The molecule has 0 amide bonds. The van der Waals surface area contributed by atoms with Gasteiger partial charge in [-0.3, -0.25) is 10.1 Å². The zero-order chi connectivity index (χ0) is 15.1. The Morgan fingerprint density at radius 1 is 1.40 bits per heavy atom. The third-order valence-corrected chi connectivity index (χ3v) is 3.33. The summed E-state index contributed by atoms with van der Waals surface area (Å²) in [7, 11) is 0. The van der Waals surface area contributed by atoms with Gasteiger partial charge in [-0.05, 0) is 18.2 Å². The minimum Gasteiger partial charge on any atom is -0.378 e. The zero-order valence-electron chi connectivity index (χ0n) is 11.4. The van der Waals surface area contributed by atoms with Gasteiger partial charge in [-0.1, -0.05) is 42.8 Å². The van der Waals surface area contributed by atoms with E-state index in [1.807, 2.05) is 32.9 Å². The normalized spacial score (nSPS) is 11.6. The average molecular weight is 339 g/mol. The molecule has 0 aliphatic heterocycles. The van der Waals surface area contributed by atoms with Crippen molar-refractivity contribution in [2.45, 2.75) is 26.2 Å². The lowest BCUT2D eigenvalue weighted by Gasteiger charge is -2.13. The Hall–Kier alpha value is -1.89. The molecule has 0 unspecified atom stereocenters. The van der Waals surface area contributed by atoms with Gasteiger partial charge in [0.1, 0.15) is 5.69 Å². The van der Waals surface area contributed by atoms with Crippen LogP contribution < -0.4 is 5.73 Å². The van der Waals surface area contributed by atoms with Crippen molar-refractivity contribution in [1.82, 2.24) is 9.78 Å². The number of rotatable bonds is 2. The van der Waals surface area contributed by atoms with E-state index in [0.29, 0.717) is 11.4 Å². The van der Waals surface area contributed by atoms with Gasteiger partial charge in [-0.15, -0.1) is 0 Å². The van der Waals surface area contributed by atoms with E-state index in [0.717, 1.165) is 4.47 Å². The van der Waals surface area contributed by atoms with Crippen molar-refractivity contribution in [3.05, 3.63) is 44.5 Å². The fraction of sp³-hybridized carbons (Fsp3) is 0.308. The Kier molecular flexibility index (Phi) is 3.56. The maximum Gasteiger partial charge on any atom is 0.334 e. The smallest absolute Gasteiger partial charge is 0.334 e. The summed E-state index contributed by atoms with van der Waals surface area (Å²) >= 11 is 3.36. The summed E-state index contributed by atoms with van der Waals surface area (Å²) in [6.45, 7) is 5.60. The highest BCUT2D eigenvalue weighted by Crippen LogP contribution is 2.36. The highest BCUT2D eigenvalue weighted by atomic mass is 79.9. The first kappa shape index (κ1) is 14.5. The SMILES string of the molecule is CC(C)(C)c1nn(-c2cccc(Br)c2)c(N)c1[N+](=O)[O-]. The van der Waals surface area contributed by atoms with Crippen LogP contribution in [0.2, 0.25) is 0 Å². The van der Waals surface area contributed by atoms with Crippen LogP contribution >= 0.6 is 15.9 Å². The van der Waals surface area contributed by atoms with Gasteiger partial charge in [-0.25, -0.2) is 4.68 Å². The Morgan fingerprint density at radius 2 is 2.05 bits per heavy atom. The third-order valence-electron chi connectivity index (χ3n) is 2.84. The molecular formula is C13H15BrN4O2. The lowest BCUT2D eigenvalue weighted by Crippen LogP contribution is -2.14. The molecule has 1 heterocycles. The predicted octanol–water partition coefficient (Wildman–Crippen LogP) is 3.42. The highest BCUT2D eigenvalue weighted by Gasteiger charge is 2.33. The molecule has 0 aliphatic rings. The van der Waals surface area contributed by atoms with Crippen LogP contribution in [0.15, 0.2) is 28.7 Å². The van der Waals surface area contributed by atoms with Crippen LogP contribution in [0, 0.1) is 10.1 Å². The number of anilines is 1. The second kappa shape index (κ2) is 4.90. The molecule has 1 aromatic heterocycles. The molecular weight excluding hydrogens is 324 g/mol. The van der Waals surface area contributed by atoms with Gasteiger partial charge in [0.25, 0.3) is 0 Å². The molecule has 2 rings (SSSR count). The molecule has 0 bridgehead atoms. The molecule has 0 saturated heterocycles. The van der Waals surface area contributed by atoms with Crippen LogP contribution in [0.4, 0.5) is 11.5 Å². The van der Waals surface area contributed by atoms with Crippen molar-refractivity contribution in [2.24, 2.45) is 0 Å². The van der Waals surface area contributed by atoms with Crippen molar-refractivity contribution in [3.63, 3.8) is 0 Å². The molecule has 7 heteroatoms. The molecule has 6 nitrogen and oxygen atoms in total. The van der Waals surface area contributed by atoms with Crippen molar-refractivity contribution in [1.29, 1.82) is 0 Å². The predicted molar refractivity (Wildman–Crippen MR) is 81.0 cm³/mol. The van der Waals surface area contributed by atoms with Crippen molar-refractivity contribution < 1.29 is 4.92 Å². The summed E-state index contributed by atoms with van der Waals surface area (Å²) in [5, 5.41) is 15.6. The summed E-state index contributed by atoms with van der Waals surface area (Å²) in [5.41, 5.74) is 6.39. The van der Waals surface area contributed by atoms with E-state index >= 15 is 0 Å².